The summed E-state index contributed by atoms with van der Waals surface area (Å²) >= 11 is 0. The summed E-state index contributed by atoms with van der Waals surface area (Å²) in [4.78, 5) is 80.8. The van der Waals surface area contributed by atoms with E-state index in [1.54, 1.807) is 111 Å². The molecular formula is C56H60N8O12. The molecule has 5 N–H and O–H groups in total. The second kappa shape index (κ2) is 26.6. The van der Waals surface area contributed by atoms with Gasteiger partial charge in [-0.15, -0.1) is 4.99 Å². The largest absolute Gasteiger partial charge is 0.444 e. The van der Waals surface area contributed by atoms with Gasteiger partial charge in [0.1, 0.15) is 44.7 Å². The zero-order valence-corrected chi connectivity index (χ0v) is 42.1. The summed E-state index contributed by atoms with van der Waals surface area (Å²) in [7, 11) is 0. The van der Waals surface area contributed by atoms with Crippen LogP contribution in [0.2, 0.25) is 0 Å². The Morgan fingerprint density at radius 3 is 1.66 bits per heavy atom. The first-order chi connectivity index (χ1) is 36.9. The second-order valence-corrected chi connectivity index (χ2v) is 18.2. The molecule has 2 aliphatic rings. The third-order valence-electron chi connectivity index (χ3n) is 12.1. The number of hydrogen-bond donors (Lipinski definition) is 5. The number of aromatic nitrogens is 1. The van der Waals surface area contributed by atoms with Crippen LogP contribution in [-0.4, -0.2) is 108 Å². The van der Waals surface area contributed by atoms with Gasteiger partial charge in [0.05, 0.1) is 19.1 Å². The van der Waals surface area contributed by atoms with E-state index in [2.05, 4.69) is 36.2 Å². The van der Waals surface area contributed by atoms with E-state index in [4.69, 9.17) is 33.2 Å². The smallest absolute Gasteiger partial charge is 0.437 e. The number of amides is 5. The first kappa shape index (κ1) is 53.7. The molecule has 20 heteroatoms. The van der Waals surface area contributed by atoms with Crippen LogP contribution in [0.1, 0.15) is 48.1 Å². The SMILES string of the molecule is CC1(C)O[C@@H]2[C@H](O1)[C@H](CN(CCN=C(NC(=O)OCc1ccccc1)NC(=O)OCc1ccccc1)/C(=N/C(=O)OCc1ccccc1)NC(=O)OCc1ccccc1)O[C@@H]2CC(=O)NCCc1c[nH]c2ccccc12. The molecule has 2 aliphatic heterocycles. The first-order valence-electron chi connectivity index (χ1n) is 24.8. The molecule has 6 aromatic rings. The number of carbonyl (C=O) groups is 5. The van der Waals surface area contributed by atoms with Gasteiger partial charge in [-0.25, -0.2) is 19.2 Å². The van der Waals surface area contributed by atoms with Crippen molar-refractivity contribution in [3.8, 4) is 0 Å². The van der Waals surface area contributed by atoms with Gasteiger partial charge in [-0.2, -0.15) is 0 Å². The minimum absolute atomic E-state index is 0.0758. The molecule has 5 amide bonds. The van der Waals surface area contributed by atoms with Gasteiger partial charge in [0.2, 0.25) is 17.8 Å². The minimum atomic E-state index is -1.08. The molecule has 2 fully saturated rings. The molecule has 2 saturated heterocycles. The molecule has 1 aromatic heterocycles. The lowest BCUT2D eigenvalue weighted by atomic mass is 10.0. The Morgan fingerprint density at radius 2 is 1.11 bits per heavy atom. The number of guanidine groups is 2. The summed E-state index contributed by atoms with van der Waals surface area (Å²) in [6.07, 6.45) is -4.56. The van der Waals surface area contributed by atoms with Crippen LogP contribution in [0.25, 0.3) is 10.9 Å². The van der Waals surface area contributed by atoms with E-state index in [1.165, 1.54) is 4.90 Å². The van der Waals surface area contributed by atoms with Crippen molar-refractivity contribution >= 4 is 53.1 Å². The van der Waals surface area contributed by atoms with E-state index in [1.807, 2.05) is 54.7 Å². The Hall–Kier alpha value is -8.59. The van der Waals surface area contributed by atoms with Gasteiger partial charge in [-0.3, -0.25) is 25.7 Å². The van der Waals surface area contributed by atoms with Gasteiger partial charge in [0.25, 0.3) is 0 Å². The number of H-pyrrole nitrogens is 1. The van der Waals surface area contributed by atoms with Crippen LogP contribution in [-0.2, 0) is 70.8 Å². The van der Waals surface area contributed by atoms with Crippen molar-refractivity contribution < 1.29 is 57.1 Å². The van der Waals surface area contributed by atoms with E-state index in [-0.39, 0.29) is 70.3 Å². The normalized spacial score (nSPS) is 17.4. The van der Waals surface area contributed by atoms with Gasteiger partial charge in [0.15, 0.2) is 5.79 Å². The summed E-state index contributed by atoms with van der Waals surface area (Å²) in [6, 6.07) is 43.8. The van der Waals surface area contributed by atoms with Crippen LogP contribution < -0.4 is 21.3 Å². The first-order valence-corrected chi connectivity index (χ1v) is 24.8. The number of para-hydroxylation sites is 1. The van der Waals surface area contributed by atoms with E-state index in [0.717, 1.165) is 16.5 Å². The van der Waals surface area contributed by atoms with Crippen molar-refractivity contribution in [2.75, 3.05) is 26.2 Å². The molecule has 5 aromatic carbocycles. The molecule has 20 nitrogen and oxygen atoms in total. The molecule has 4 atom stereocenters. The van der Waals surface area contributed by atoms with E-state index in [9.17, 15) is 24.0 Å². The topological polar surface area (TPSA) is 242 Å². The van der Waals surface area contributed by atoms with E-state index < -0.39 is 54.6 Å². The van der Waals surface area contributed by atoms with E-state index in [0.29, 0.717) is 35.2 Å². The highest BCUT2D eigenvalue weighted by Gasteiger charge is 2.55. The molecule has 0 saturated carbocycles. The van der Waals surface area contributed by atoms with Gasteiger partial charge in [-0.05, 0) is 54.2 Å². The lowest BCUT2D eigenvalue weighted by Gasteiger charge is -2.30. The van der Waals surface area contributed by atoms with E-state index >= 15 is 0 Å². The highest BCUT2D eigenvalue weighted by Crippen LogP contribution is 2.40. The maximum absolute atomic E-state index is 13.7. The quantitative estimate of drug-likeness (QED) is 0.0316. The standard InChI is InChI=1S/C56H60N8O12/c1-56(2)75-48-45(31-47(65)57-28-27-42-32-59-44-26-16-15-25-43(42)44)74-46(49(48)76-56)33-64(51(62-54(68)72-36-40-21-11-5-12-22-40)63-55(69)73-37-41-23-13-6-14-24-41)30-29-58-50(60-52(66)70-34-38-17-7-3-8-18-38)61-53(67)71-35-39-19-9-4-10-20-39/h3-26,32,45-46,48-49,59H,27-31,33-37H2,1-2H3,(H,57,65)(H,62,63,68,69)(H2,58,60,61,66,67)/t45-,46+,48+,49-/m1/s1. The van der Waals surface area contributed by atoms with Gasteiger partial charge in [0, 0.05) is 36.7 Å². The van der Waals surface area contributed by atoms with Crippen molar-refractivity contribution in [2.24, 2.45) is 9.98 Å². The number of aromatic amines is 1. The van der Waals surface area contributed by atoms with Crippen molar-refractivity contribution in [2.45, 2.75) is 83.3 Å². The molecule has 0 bridgehead atoms. The summed E-state index contributed by atoms with van der Waals surface area (Å²) in [6.45, 7) is 2.90. The van der Waals surface area contributed by atoms with Crippen LogP contribution in [0.4, 0.5) is 19.2 Å². The number of carbonyl (C=O) groups excluding carboxylic acids is 5. The van der Waals surface area contributed by atoms with Crippen LogP contribution in [0.15, 0.2) is 162 Å². The molecular weight excluding hydrogens is 977 g/mol. The number of aliphatic imine (C=N–C) groups is 2. The van der Waals surface area contributed by atoms with Crippen LogP contribution in [0.3, 0.4) is 0 Å². The van der Waals surface area contributed by atoms with Crippen molar-refractivity contribution in [3.05, 3.63) is 180 Å². The molecule has 3 heterocycles. The average molecular weight is 1040 g/mol. The molecule has 76 heavy (non-hydrogen) atoms. The second-order valence-electron chi connectivity index (χ2n) is 18.2. The van der Waals surface area contributed by atoms with Crippen LogP contribution >= 0.6 is 0 Å². The number of benzene rings is 5. The third-order valence-corrected chi connectivity index (χ3v) is 12.1. The van der Waals surface area contributed by atoms with Gasteiger partial charge in [-0.1, -0.05) is 140 Å². The highest BCUT2D eigenvalue weighted by molar-refractivity contribution is 6.01. The summed E-state index contributed by atoms with van der Waals surface area (Å²) < 4.78 is 41.4. The van der Waals surface area contributed by atoms with Gasteiger partial charge >= 0.3 is 24.4 Å². The Balaban J connectivity index is 1.04. The number of rotatable bonds is 18. The maximum atomic E-state index is 13.7. The zero-order chi connectivity index (χ0) is 53.1. The highest BCUT2D eigenvalue weighted by atomic mass is 16.8. The average Bonchev–Trinajstić information content (AvgIpc) is 4.11. The molecule has 0 aliphatic carbocycles. The predicted octanol–water partition coefficient (Wildman–Crippen LogP) is 7.63. The molecule has 0 radical (unpaired) electrons. The molecule has 0 spiro atoms. The lowest BCUT2D eigenvalue weighted by Crippen LogP contribution is -2.51. The van der Waals surface area contributed by atoms with Crippen molar-refractivity contribution in [1.29, 1.82) is 0 Å². The summed E-state index contributed by atoms with van der Waals surface area (Å²) in [5.74, 6) is -2.01. The molecule has 396 valence electrons. The predicted molar refractivity (Wildman–Crippen MR) is 279 cm³/mol. The summed E-state index contributed by atoms with van der Waals surface area (Å²) in [5.41, 5.74) is 4.88. The van der Waals surface area contributed by atoms with Gasteiger partial charge < -0.3 is 48.4 Å². The fourth-order valence-electron chi connectivity index (χ4n) is 8.48. The third kappa shape index (κ3) is 16.2. The van der Waals surface area contributed by atoms with Crippen LogP contribution in [0.5, 0.6) is 0 Å². The monoisotopic (exact) mass is 1040 g/mol. The Kier molecular flexibility index (Phi) is 18.8. The Bertz CT molecular complexity index is 2880. The van der Waals surface area contributed by atoms with Crippen molar-refractivity contribution in [1.82, 2.24) is 31.2 Å². The zero-order valence-electron chi connectivity index (χ0n) is 42.1. The number of hydrogen-bond acceptors (Lipinski definition) is 13. The Labute approximate surface area is 439 Å². The fourth-order valence-corrected chi connectivity index (χ4v) is 8.48. The summed E-state index contributed by atoms with van der Waals surface area (Å²) in [5, 5.41) is 11.7. The maximum Gasteiger partial charge on any atom is 0.437 e. The number of nitrogens with zero attached hydrogens (tertiary/aromatic N) is 3. The number of nitrogens with one attached hydrogen (secondary N) is 5. The number of ether oxygens (including phenoxy) is 7. The number of fused-ring (bicyclic) bond motifs is 2. The Morgan fingerprint density at radius 1 is 0.618 bits per heavy atom. The number of alkyl carbamates (subject to hydrolysis) is 3. The van der Waals surface area contributed by atoms with Crippen molar-refractivity contribution in [3.63, 3.8) is 0 Å². The minimum Gasteiger partial charge on any atom is -0.444 e. The molecule has 0 unspecified atom stereocenters. The molecule has 8 rings (SSSR count). The van der Waals surface area contributed by atoms with Crippen LogP contribution in [0, 0.1) is 0 Å². The fraction of sp³-hybridized carbons (Fsp3) is 0.304. The lowest BCUT2D eigenvalue weighted by molar-refractivity contribution is -0.188.